The van der Waals surface area contributed by atoms with Gasteiger partial charge < -0.3 is 14.0 Å². The van der Waals surface area contributed by atoms with Gasteiger partial charge in [0.1, 0.15) is 11.5 Å². The number of benzene rings is 7. The maximum Gasteiger partial charge on any atom is 0.230 e. The van der Waals surface area contributed by atoms with E-state index in [1.807, 2.05) is 30.3 Å². The van der Waals surface area contributed by atoms with E-state index in [9.17, 15) is 0 Å². The van der Waals surface area contributed by atoms with Crippen LogP contribution in [-0.2, 0) is 0 Å². The summed E-state index contributed by atoms with van der Waals surface area (Å²) >= 11 is 0. The van der Waals surface area contributed by atoms with Gasteiger partial charge in [0.2, 0.25) is 6.79 Å². The predicted molar refractivity (Wildman–Crippen MR) is 195 cm³/mol. The largest absolute Gasteiger partial charge is 0.457 e. The Labute approximate surface area is 278 Å². The minimum absolute atomic E-state index is 0.134. The van der Waals surface area contributed by atoms with Crippen LogP contribution in [0.1, 0.15) is 0 Å². The van der Waals surface area contributed by atoms with Crippen molar-refractivity contribution < 1.29 is 9.47 Å². The summed E-state index contributed by atoms with van der Waals surface area (Å²) in [4.78, 5) is 3.69. The van der Waals surface area contributed by atoms with E-state index in [0.717, 1.165) is 72.4 Å². The first-order chi connectivity index (χ1) is 23.7. The highest BCUT2D eigenvalue weighted by Gasteiger charge is 2.21. The maximum atomic E-state index is 7.57. The van der Waals surface area contributed by atoms with Crippen LogP contribution in [0.25, 0.3) is 76.8 Å². The van der Waals surface area contributed by atoms with Crippen LogP contribution >= 0.6 is 0 Å². The number of hydrogen-bond donors (Lipinski definition) is 0. The minimum Gasteiger partial charge on any atom is -0.457 e. The molecule has 226 valence electrons. The quantitative estimate of drug-likeness (QED) is 0.184. The van der Waals surface area contributed by atoms with Crippen molar-refractivity contribution in [3.05, 3.63) is 169 Å². The van der Waals surface area contributed by atoms with Crippen molar-refractivity contribution in [2.45, 2.75) is 0 Å². The molecule has 0 N–H and O–H groups in total. The maximum absolute atomic E-state index is 7.57. The molecule has 0 saturated heterocycles. The van der Waals surface area contributed by atoms with E-state index in [1.165, 1.54) is 11.1 Å². The molecule has 8 aromatic rings. The van der Waals surface area contributed by atoms with Gasteiger partial charge in [-0.2, -0.15) is 0 Å². The van der Waals surface area contributed by atoms with Crippen molar-refractivity contribution in [2.24, 2.45) is 0 Å². The van der Waals surface area contributed by atoms with E-state index in [4.69, 9.17) is 16.0 Å². The lowest BCUT2D eigenvalue weighted by Gasteiger charge is -2.15. The molecular weight excluding hydrogens is 588 g/mol. The summed E-state index contributed by atoms with van der Waals surface area (Å²) in [7, 11) is 0. The van der Waals surface area contributed by atoms with Crippen molar-refractivity contribution in [3.8, 4) is 61.7 Å². The SMILES string of the molecule is [C-]#[N+]c1ccc2c(c1)c1ccccc1n2-c1ccc2c(c1)-c1cc(-c3cc(-c4ccccc4)cc(-c4ccccc4)c3)ccc1OCO2. The summed E-state index contributed by atoms with van der Waals surface area (Å²) in [5, 5.41) is 2.17. The van der Waals surface area contributed by atoms with Gasteiger partial charge in [0.05, 0.1) is 17.6 Å². The van der Waals surface area contributed by atoms with E-state index < -0.39 is 0 Å². The van der Waals surface area contributed by atoms with Gasteiger partial charge in [-0.05, 0) is 105 Å². The van der Waals surface area contributed by atoms with Gasteiger partial charge in [-0.15, -0.1) is 0 Å². The number of hydrogen-bond acceptors (Lipinski definition) is 2. The molecule has 0 saturated carbocycles. The van der Waals surface area contributed by atoms with Gasteiger partial charge >= 0.3 is 0 Å². The Morgan fingerprint density at radius 2 is 1.04 bits per heavy atom. The molecule has 0 atom stereocenters. The number of para-hydroxylation sites is 1. The molecule has 4 heteroatoms. The molecule has 0 spiro atoms. The Balaban J connectivity index is 1.23. The Morgan fingerprint density at radius 3 is 1.73 bits per heavy atom. The summed E-state index contributed by atoms with van der Waals surface area (Å²) in [6.45, 7) is 7.71. The van der Waals surface area contributed by atoms with Crippen molar-refractivity contribution >= 4 is 27.5 Å². The first kappa shape index (κ1) is 27.7. The second kappa shape index (κ2) is 11.3. The van der Waals surface area contributed by atoms with Crippen molar-refractivity contribution in [1.82, 2.24) is 4.57 Å². The monoisotopic (exact) mass is 616 g/mol. The summed E-state index contributed by atoms with van der Waals surface area (Å²) in [6, 6.07) is 54.9. The zero-order chi connectivity index (χ0) is 32.0. The first-order valence-corrected chi connectivity index (χ1v) is 15.9. The van der Waals surface area contributed by atoms with Crippen LogP contribution in [0.15, 0.2) is 158 Å². The number of aromatic nitrogens is 1. The number of fused-ring (bicyclic) bond motifs is 6. The van der Waals surface area contributed by atoms with Crippen LogP contribution in [-0.4, -0.2) is 11.4 Å². The normalized spacial score (nSPS) is 12.0. The lowest BCUT2D eigenvalue weighted by molar-refractivity contribution is 0.125. The number of ether oxygens (including phenoxy) is 2. The Morgan fingerprint density at radius 1 is 0.458 bits per heavy atom. The fourth-order valence-electron chi connectivity index (χ4n) is 6.89. The minimum atomic E-state index is 0.134. The Kier molecular flexibility index (Phi) is 6.55. The van der Waals surface area contributed by atoms with E-state index in [1.54, 1.807) is 0 Å². The zero-order valence-corrected chi connectivity index (χ0v) is 25.9. The second-order valence-electron chi connectivity index (χ2n) is 12.0. The average molecular weight is 617 g/mol. The molecule has 1 aliphatic rings. The molecule has 4 nitrogen and oxygen atoms in total. The van der Waals surface area contributed by atoms with Crippen molar-refractivity contribution in [2.75, 3.05) is 6.79 Å². The molecule has 9 rings (SSSR count). The molecule has 0 bridgehead atoms. The molecule has 1 aliphatic heterocycles. The molecule has 7 aromatic carbocycles. The lowest BCUT2D eigenvalue weighted by atomic mass is 9.91. The highest BCUT2D eigenvalue weighted by molar-refractivity contribution is 6.10. The summed E-state index contributed by atoms with van der Waals surface area (Å²) < 4.78 is 14.6. The fourth-order valence-corrected chi connectivity index (χ4v) is 6.89. The van der Waals surface area contributed by atoms with Gasteiger partial charge in [-0.25, -0.2) is 4.85 Å². The third-order valence-corrected chi connectivity index (χ3v) is 9.19. The smallest absolute Gasteiger partial charge is 0.230 e. The van der Waals surface area contributed by atoms with Crippen molar-refractivity contribution in [3.63, 3.8) is 0 Å². The first-order valence-electron chi connectivity index (χ1n) is 15.9. The van der Waals surface area contributed by atoms with Crippen LogP contribution in [0.4, 0.5) is 5.69 Å². The molecule has 48 heavy (non-hydrogen) atoms. The highest BCUT2D eigenvalue weighted by atomic mass is 16.7. The fraction of sp³-hybridized carbons (Fsp3) is 0.0227. The lowest BCUT2D eigenvalue weighted by Crippen LogP contribution is -2.03. The van der Waals surface area contributed by atoms with Gasteiger partial charge in [-0.1, -0.05) is 91.0 Å². The van der Waals surface area contributed by atoms with E-state index in [-0.39, 0.29) is 6.79 Å². The summed E-state index contributed by atoms with van der Waals surface area (Å²) in [5.41, 5.74) is 12.6. The number of nitrogens with zero attached hydrogens (tertiary/aromatic N) is 2. The van der Waals surface area contributed by atoms with Gasteiger partial charge in [0.25, 0.3) is 0 Å². The molecule has 1 aromatic heterocycles. The van der Waals surface area contributed by atoms with Crippen LogP contribution in [0.5, 0.6) is 11.5 Å². The van der Waals surface area contributed by atoms with E-state index >= 15 is 0 Å². The third kappa shape index (κ3) is 4.69. The molecule has 0 amide bonds. The summed E-state index contributed by atoms with van der Waals surface area (Å²) in [6.07, 6.45) is 0. The van der Waals surface area contributed by atoms with E-state index in [2.05, 4.69) is 137 Å². The molecule has 0 unspecified atom stereocenters. The third-order valence-electron chi connectivity index (χ3n) is 9.19. The van der Waals surface area contributed by atoms with Crippen LogP contribution < -0.4 is 9.47 Å². The highest BCUT2D eigenvalue weighted by Crippen LogP contribution is 2.44. The van der Waals surface area contributed by atoms with Crippen LogP contribution in [0.3, 0.4) is 0 Å². The predicted octanol–water partition coefficient (Wildman–Crippen LogP) is 11.7. The topological polar surface area (TPSA) is 27.8 Å². The molecular formula is C44H28N2O2. The van der Waals surface area contributed by atoms with Crippen LogP contribution in [0.2, 0.25) is 0 Å². The Hall–Kier alpha value is -6.57. The van der Waals surface area contributed by atoms with Gasteiger partial charge in [0, 0.05) is 22.2 Å². The average Bonchev–Trinajstić information content (AvgIpc) is 3.37. The van der Waals surface area contributed by atoms with E-state index in [0.29, 0.717) is 5.69 Å². The zero-order valence-electron chi connectivity index (χ0n) is 25.9. The van der Waals surface area contributed by atoms with Gasteiger partial charge in [0.15, 0.2) is 5.69 Å². The number of rotatable bonds is 4. The Bertz CT molecular complexity index is 2490. The molecule has 0 aliphatic carbocycles. The van der Waals surface area contributed by atoms with Crippen LogP contribution in [0, 0.1) is 6.57 Å². The second-order valence-corrected chi connectivity index (χ2v) is 12.0. The molecule has 2 heterocycles. The van der Waals surface area contributed by atoms with Crippen molar-refractivity contribution in [1.29, 1.82) is 0 Å². The molecule has 0 radical (unpaired) electrons. The van der Waals surface area contributed by atoms with Gasteiger partial charge in [-0.3, -0.25) is 0 Å². The standard InChI is InChI=1S/C44H28N2O2/c1-45-35-17-19-42-38(26-35)37-14-8-9-15-41(37)46(42)36-18-21-44-40(27-36)39-25-31(16-20-43(39)47-28-48-44)34-23-32(29-10-4-2-5-11-29)22-33(24-34)30-12-6-3-7-13-30/h2-27H,28H2. The summed E-state index contributed by atoms with van der Waals surface area (Å²) in [5.74, 6) is 1.55. The molecule has 0 fully saturated rings.